The molecule has 10 nitrogen and oxygen atoms in total. The number of aromatic nitrogens is 1. The number of esters is 1. The molecule has 190 valence electrons. The summed E-state index contributed by atoms with van der Waals surface area (Å²) in [6, 6.07) is 13.0. The van der Waals surface area contributed by atoms with Crippen LogP contribution in [0.15, 0.2) is 68.6 Å². The molecule has 6 rings (SSSR count). The number of fused-ring (bicyclic) bond motifs is 4. The molecule has 0 amide bonds. The molecule has 38 heavy (non-hydrogen) atoms. The topological polar surface area (TPSA) is 159 Å². The molecule has 3 aromatic carbocycles. The summed E-state index contributed by atoms with van der Waals surface area (Å²) < 4.78 is 16.8. The smallest absolute Gasteiger partial charge is 0.312 e. The molecule has 1 aliphatic rings. The van der Waals surface area contributed by atoms with E-state index in [9.17, 15) is 29.7 Å². The number of carbonyl (C=O) groups excluding carboxylic acids is 1. The van der Waals surface area contributed by atoms with Gasteiger partial charge in [0, 0.05) is 45.6 Å². The SMILES string of the molecule is COc1ccc2[nH]c(=O)c([C@H]3CC(=O)Oc4cc(O)c5c(=O)cc(-c6ccc(O)c(O)c6)oc5c43)cc2c1. The summed E-state index contributed by atoms with van der Waals surface area (Å²) in [5.74, 6) is -2.19. The van der Waals surface area contributed by atoms with E-state index in [-0.39, 0.29) is 51.3 Å². The third-order valence-corrected chi connectivity index (χ3v) is 6.64. The molecule has 4 N–H and O–H groups in total. The van der Waals surface area contributed by atoms with E-state index in [0.29, 0.717) is 16.7 Å². The second kappa shape index (κ2) is 8.41. The van der Waals surface area contributed by atoms with E-state index >= 15 is 0 Å². The van der Waals surface area contributed by atoms with Crippen molar-refractivity contribution >= 4 is 27.8 Å². The van der Waals surface area contributed by atoms with Crippen LogP contribution in [0.3, 0.4) is 0 Å². The van der Waals surface area contributed by atoms with Crippen molar-refractivity contribution in [3.8, 4) is 40.1 Å². The van der Waals surface area contributed by atoms with Gasteiger partial charge in [0.05, 0.1) is 13.5 Å². The predicted octanol–water partition coefficient (Wildman–Crippen LogP) is 3.87. The predicted molar refractivity (Wildman–Crippen MR) is 136 cm³/mol. The van der Waals surface area contributed by atoms with Crippen LogP contribution >= 0.6 is 0 Å². The Labute approximate surface area is 212 Å². The standard InChI is InChI=1S/C28H19NO9/c1-36-14-3-4-17-13(6-14)7-16(28(35)29-17)15-9-24(34)37-23-11-21(33)26-20(32)10-22(38-27(26)25(15)23)12-2-5-18(30)19(31)8-12/h2-8,10-11,15,30-31,33H,9H2,1H3,(H,29,35)/t15-/m1/s1. The molecule has 1 aliphatic heterocycles. The van der Waals surface area contributed by atoms with E-state index in [1.54, 1.807) is 24.3 Å². The van der Waals surface area contributed by atoms with Crippen LogP contribution in [0.4, 0.5) is 0 Å². The number of pyridine rings is 1. The molecule has 0 radical (unpaired) electrons. The van der Waals surface area contributed by atoms with E-state index in [4.69, 9.17) is 13.9 Å². The number of aromatic amines is 1. The first-order valence-corrected chi connectivity index (χ1v) is 11.5. The van der Waals surface area contributed by atoms with Gasteiger partial charge in [-0.05, 0) is 42.5 Å². The van der Waals surface area contributed by atoms with Gasteiger partial charge in [0.15, 0.2) is 16.9 Å². The van der Waals surface area contributed by atoms with Gasteiger partial charge >= 0.3 is 5.97 Å². The third kappa shape index (κ3) is 3.62. The summed E-state index contributed by atoms with van der Waals surface area (Å²) >= 11 is 0. The highest BCUT2D eigenvalue weighted by molar-refractivity contribution is 5.93. The van der Waals surface area contributed by atoms with E-state index in [2.05, 4.69) is 4.98 Å². The van der Waals surface area contributed by atoms with Gasteiger partial charge in [0.2, 0.25) is 0 Å². The summed E-state index contributed by atoms with van der Waals surface area (Å²) in [4.78, 5) is 41.7. The van der Waals surface area contributed by atoms with Gasteiger partial charge in [0.25, 0.3) is 5.56 Å². The maximum Gasteiger partial charge on any atom is 0.312 e. The fourth-order valence-corrected chi connectivity index (χ4v) is 4.83. The van der Waals surface area contributed by atoms with Gasteiger partial charge in [-0.2, -0.15) is 0 Å². The van der Waals surface area contributed by atoms with Crippen LogP contribution < -0.4 is 20.5 Å². The minimum atomic E-state index is -0.875. The van der Waals surface area contributed by atoms with Gasteiger partial charge in [-0.15, -0.1) is 0 Å². The van der Waals surface area contributed by atoms with Crippen molar-refractivity contribution in [2.45, 2.75) is 12.3 Å². The van der Waals surface area contributed by atoms with Gasteiger partial charge in [-0.3, -0.25) is 14.4 Å². The average molecular weight is 513 g/mol. The Morgan fingerprint density at radius 1 is 0.921 bits per heavy atom. The zero-order valence-corrected chi connectivity index (χ0v) is 19.8. The number of nitrogens with one attached hydrogen (secondary N) is 1. The first-order valence-electron chi connectivity index (χ1n) is 11.5. The Morgan fingerprint density at radius 3 is 2.50 bits per heavy atom. The molecule has 0 spiro atoms. The van der Waals surface area contributed by atoms with Crippen molar-refractivity contribution in [3.63, 3.8) is 0 Å². The lowest BCUT2D eigenvalue weighted by molar-refractivity contribution is -0.135. The number of methoxy groups -OCH3 is 1. The number of phenolic OH excluding ortho intramolecular Hbond substituents is 3. The monoisotopic (exact) mass is 513 g/mol. The van der Waals surface area contributed by atoms with Crippen molar-refractivity contribution in [2.24, 2.45) is 0 Å². The summed E-state index contributed by atoms with van der Waals surface area (Å²) in [6.07, 6.45) is -0.223. The number of H-pyrrole nitrogens is 1. The molecular weight excluding hydrogens is 494 g/mol. The molecule has 1 atom stereocenters. The minimum Gasteiger partial charge on any atom is -0.507 e. The van der Waals surface area contributed by atoms with Gasteiger partial charge in [-0.1, -0.05) is 0 Å². The lowest BCUT2D eigenvalue weighted by atomic mass is 9.85. The number of rotatable bonds is 3. The Bertz CT molecular complexity index is 1920. The number of carbonyl (C=O) groups is 1. The second-order valence-corrected chi connectivity index (χ2v) is 8.93. The molecule has 0 aliphatic carbocycles. The second-order valence-electron chi connectivity index (χ2n) is 8.93. The molecule has 0 fully saturated rings. The summed E-state index contributed by atoms with van der Waals surface area (Å²) in [5.41, 5.74) is 0.195. The van der Waals surface area contributed by atoms with Crippen LogP contribution in [-0.2, 0) is 4.79 Å². The number of hydrogen-bond donors (Lipinski definition) is 4. The normalized spacial score (nSPS) is 14.9. The summed E-state index contributed by atoms with van der Waals surface area (Å²) in [6.45, 7) is 0. The van der Waals surface area contributed by atoms with Crippen LogP contribution in [-0.4, -0.2) is 33.4 Å². The molecule has 0 saturated carbocycles. The average Bonchev–Trinajstić information content (AvgIpc) is 2.88. The third-order valence-electron chi connectivity index (χ3n) is 6.64. The Balaban J connectivity index is 1.65. The van der Waals surface area contributed by atoms with Crippen molar-refractivity contribution in [1.82, 2.24) is 4.98 Å². The molecular formula is C28H19NO9. The van der Waals surface area contributed by atoms with Gasteiger partial charge in [-0.25, -0.2) is 0 Å². The molecule has 2 aromatic heterocycles. The molecule has 0 bridgehead atoms. The number of benzene rings is 3. The summed E-state index contributed by atoms with van der Waals surface area (Å²) in [7, 11) is 1.52. The fourth-order valence-electron chi connectivity index (χ4n) is 4.83. The van der Waals surface area contributed by atoms with E-state index < -0.39 is 34.4 Å². The number of phenols is 3. The fraction of sp³-hybridized carbons (Fsp3) is 0.107. The molecule has 3 heterocycles. The van der Waals surface area contributed by atoms with E-state index in [0.717, 1.165) is 12.1 Å². The first-order chi connectivity index (χ1) is 18.2. The molecule has 0 unspecified atom stereocenters. The molecule has 0 saturated heterocycles. The highest BCUT2D eigenvalue weighted by Crippen LogP contribution is 2.46. The zero-order chi connectivity index (χ0) is 26.7. The quantitative estimate of drug-likeness (QED) is 0.160. The van der Waals surface area contributed by atoms with Crippen LogP contribution in [0, 0.1) is 0 Å². The minimum absolute atomic E-state index is 0.0263. The number of ether oxygens (including phenoxy) is 2. The summed E-state index contributed by atoms with van der Waals surface area (Å²) in [5, 5.41) is 30.7. The van der Waals surface area contributed by atoms with Gasteiger partial charge < -0.3 is 34.2 Å². The Morgan fingerprint density at radius 2 is 1.74 bits per heavy atom. The van der Waals surface area contributed by atoms with Crippen LogP contribution in [0.2, 0.25) is 0 Å². The van der Waals surface area contributed by atoms with E-state index in [1.807, 2.05) is 0 Å². The zero-order valence-electron chi connectivity index (χ0n) is 19.8. The lowest BCUT2D eigenvalue weighted by Gasteiger charge is -2.25. The number of hydrogen-bond acceptors (Lipinski definition) is 9. The highest BCUT2D eigenvalue weighted by Gasteiger charge is 2.35. The maximum atomic E-state index is 13.2. The Kier molecular flexibility index (Phi) is 5.13. The van der Waals surface area contributed by atoms with Crippen LogP contribution in [0.1, 0.15) is 23.5 Å². The first kappa shape index (κ1) is 23.2. The molecule has 10 heteroatoms. The van der Waals surface area contributed by atoms with Crippen molar-refractivity contribution in [1.29, 1.82) is 0 Å². The number of aromatic hydroxyl groups is 3. The largest absolute Gasteiger partial charge is 0.507 e. The molecule has 5 aromatic rings. The van der Waals surface area contributed by atoms with Crippen molar-refractivity contribution in [2.75, 3.05) is 7.11 Å². The Hall–Kier alpha value is -5.25. The van der Waals surface area contributed by atoms with Crippen LogP contribution in [0.25, 0.3) is 33.2 Å². The van der Waals surface area contributed by atoms with Crippen LogP contribution in [0.5, 0.6) is 28.7 Å². The lowest BCUT2D eigenvalue weighted by Crippen LogP contribution is -2.26. The van der Waals surface area contributed by atoms with Crippen molar-refractivity contribution < 1.29 is 34.0 Å². The van der Waals surface area contributed by atoms with Crippen molar-refractivity contribution in [3.05, 3.63) is 86.3 Å². The maximum absolute atomic E-state index is 13.2. The highest BCUT2D eigenvalue weighted by atomic mass is 16.5. The van der Waals surface area contributed by atoms with E-state index in [1.165, 1.54) is 25.3 Å². The van der Waals surface area contributed by atoms with Gasteiger partial charge in [0.1, 0.15) is 34.0 Å².